The van der Waals surface area contributed by atoms with Gasteiger partial charge in [0.15, 0.2) is 11.8 Å². The number of alkyl halides is 3. The maximum absolute atomic E-state index is 12.2. The van der Waals surface area contributed by atoms with Crippen molar-refractivity contribution in [1.29, 1.82) is 0 Å². The third kappa shape index (κ3) is 2.19. The number of rotatable bonds is 1. The summed E-state index contributed by atoms with van der Waals surface area (Å²) in [6.07, 6.45) is -3.84. The van der Waals surface area contributed by atoms with Crippen molar-refractivity contribution >= 4 is 21.7 Å². The Balaban J connectivity index is 3.38. The van der Waals surface area contributed by atoms with E-state index in [4.69, 9.17) is 0 Å². The van der Waals surface area contributed by atoms with Crippen LogP contribution in [-0.4, -0.2) is 9.91 Å². The molecule has 0 aromatic carbocycles. The molecule has 0 fully saturated rings. The van der Waals surface area contributed by atoms with E-state index in [9.17, 15) is 23.3 Å². The van der Waals surface area contributed by atoms with E-state index in [1.165, 1.54) is 0 Å². The Morgan fingerprint density at radius 1 is 1.50 bits per heavy atom. The lowest BCUT2D eigenvalue weighted by Crippen LogP contribution is -2.10. The molecule has 0 saturated carbocycles. The fourth-order valence-electron chi connectivity index (χ4n) is 0.786. The Kier molecular flexibility index (Phi) is 2.74. The Labute approximate surface area is 84.0 Å². The summed E-state index contributed by atoms with van der Waals surface area (Å²) < 4.78 is 36.7. The van der Waals surface area contributed by atoms with E-state index >= 15 is 0 Å². The smallest absolute Gasteiger partial charge is 0.358 e. The molecule has 1 rings (SSSR count). The number of nitrogens with zero attached hydrogens (tertiary/aromatic N) is 2. The maximum atomic E-state index is 12.2. The highest BCUT2D eigenvalue weighted by Gasteiger charge is 2.39. The number of aromatic nitrogens is 1. The lowest BCUT2D eigenvalue weighted by Gasteiger charge is -2.06. The van der Waals surface area contributed by atoms with Gasteiger partial charge in [0.1, 0.15) is 0 Å². The number of nitro groups is 1. The third-order valence-electron chi connectivity index (χ3n) is 1.31. The van der Waals surface area contributed by atoms with Crippen LogP contribution in [-0.2, 0) is 6.18 Å². The molecule has 0 spiro atoms. The largest absolute Gasteiger partial charge is 0.424 e. The fourth-order valence-corrected chi connectivity index (χ4v) is 1.12. The zero-order valence-electron chi connectivity index (χ0n) is 6.38. The van der Waals surface area contributed by atoms with E-state index in [1.54, 1.807) is 0 Å². The summed E-state index contributed by atoms with van der Waals surface area (Å²) in [5.74, 6) is -1.19. The van der Waals surface area contributed by atoms with Crippen LogP contribution >= 0.6 is 15.9 Å². The van der Waals surface area contributed by atoms with Gasteiger partial charge in [-0.3, -0.25) is 0 Å². The van der Waals surface area contributed by atoms with Crippen LogP contribution in [0.1, 0.15) is 5.56 Å². The molecule has 0 unspecified atom stereocenters. The second-order valence-corrected chi connectivity index (χ2v) is 3.20. The lowest BCUT2D eigenvalue weighted by molar-refractivity contribution is -0.392. The first-order chi connectivity index (χ1) is 6.32. The van der Waals surface area contributed by atoms with Gasteiger partial charge in [-0.2, -0.15) is 13.2 Å². The number of hydrogen-bond acceptors (Lipinski definition) is 3. The molecule has 0 aliphatic carbocycles. The van der Waals surface area contributed by atoms with E-state index in [1.807, 2.05) is 0 Å². The predicted octanol–water partition coefficient (Wildman–Crippen LogP) is 2.77. The molecule has 0 saturated heterocycles. The molecule has 8 heteroatoms. The second-order valence-electron chi connectivity index (χ2n) is 2.28. The zero-order valence-corrected chi connectivity index (χ0v) is 7.96. The molecule has 1 aromatic rings. The summed E-state index contributed by atoms with van der Waals surface area (Å²) in [5, 5.41) is 10.2. The average molecular weight is 271 g/mol. The van der Waals surface area contributed by atoms with Crippen molar-refractivity contribution in [3.8, 4) is 0 Å². The monoisotopic (exact) mass is 270 g/mol. The van der Waals surface area contributed by atoms with Crippen molar-refractivity contribution in [3.63, 3.8) is 0 Å². The molecule has 1 heterocycles. The Bertz CT molecular complexity index is 380. The molecule has 0 aliphatic rings. The molecule has 14 heavy (non-hydrogen) atoms. The van der Waals surface area contributed by atoms with E-state index in [0.717, 1.165) is 6.20 Å². The fraction of sp³-hybridized carbons (Fsp3) is 0.167. The van der Waals surface area contributed by atoms with E-state index < -0.39 is 22.5 Å². The topological polar surface area (TPSA) is 56.0 Å². The number of pyridine rings is 1. The first-order valence-electron chi connectivity index (χ1n) is 3.19. The summed E-state index contributed by atoms with van der Waals surface area (Å²) in [5.41, 5.74) is -1.36. The Morgan fingerprint density at radius 3 is 2.50 bits per heavy atom. The minimum Gasteiger partial charge on any atom is -0.358 e. The normalized spacial score (nSPS) is 11.4. The number of halogens is 4. The van der Waals surface area contributed by atoms with Crippen LogP contribution in [0.15, 0.2) is 16.7 Å². The summed E-state index contributed by atoms with van der Waals surface area (Å²) in [4.78, 5) is 12.1. The van der Waals surface area contributed by atoms with Gasteiger partial charge in [-0.15, -0.1) is 0 Å². The van der Waals surface area contributed by atoms with Gasteiger partial charge in [0, 0.05) is 0 Å². The van der Waals surface area contributed by atoms with Crippen LogP contribution in [0.25, 0.3) is 0 Å². The summed E-state index contributed by atoms with van der Waals surface area (Å²) in [6.45, 7) is 0. The zero-order chi connectivity index (χ0) is 10.9. The number of hydrogen-bond donors (Lipinski definition) is 0. The van der Waals surface area contributed by atoms with Crippen molar-refractivity contribution in [3.05, 3.63) is 32.4 Å². The van der Waals surface area contributed by atoms with Gasteiger partial charge < -0.3 is 10.1 Å². The molecule has 0 aliphatic heterocycles. The van der Waals surface area contributed by atoms with E-state index in [2.05, 4.69) is 20.9 Å². The van der Waals surface area contributed by atoms with Gasteiger partial charge in [0.05, 0.1) is 4.47 Å². The van der Waals surface area contributed by atoms with Crippen LogP contribution in [0.4, 0.5) is 19.0 Å². The molecular weight excluding hydrogens is 269 g/mol. The molecule has 4 nitrogen and oxygen atoms in total. The second kappa shape index (κ2) is 3.52. The molecule has 76 valence electrons. The lowest BCUT2D eigenvalue weighted by atomic mass is 10.2. The van der Waals surface area contributed by atoms with Gasteiger partial charge in [0.25, 0.3) is 0 Å². The molecule has 0 bridgehead atoms. The van der Waals surface area contributed by atoms with Crippen LogP contribution in [0, 0.1) is 10.1 Å². The molecular formula is C6H2BrF3N2O2. The van der Waals surface area contributed by atoms with E-state index in [-0.39, 0.29) is 4.47 Å². The Hall–Kier alpha value is -1.18. The molecule has 0 N–H and O–H groups in total. The van der Waals surface area contributed by atoms with Crippen LogP contribution < -0.4 is 0 Å². The quantitative estimate of drug-likeness (QED) is 0.582. The highest BCUT2D eigenvalue weighted by Crippen LogP contribution is 2.35. The molecule has 0 atom stereocenters. The SMILES string of the molecule is O=[N+]([O-])c1ncc(Br)cc1C(F)(F)F. The van der Waals surface area contributed by atoms with Crippen molar-refractivity contribution in [1.82, 2.24) is 4.98 Å². The first-order valence-corrected chi connectivity index (χ1v) is 3.99. The van der Waals surface area contributed by atoms with Gasteiger partial charge in [-0.05, 0) is 31.9 Å². The van der Waals surface area contributed by atoms with Gasteiger partial charge in [-0.1, -0.05) is 0 Å². The summed E-state index contributed by atoms with van der Waals surface area (Å²) >= 11 is 2.75. The molecule has 0 amide bonds. The summed E-state index contributed by atoms with van der Waals surface area (Å²) in [7, 11) is 0. The van der Waals surface area contributed by atoms with Gasteiger partial charge in [-0.25, -0.2) is 0 Å². The van der Waals surface area contributed by atoms with Crippen LogP contribution in [0.2, 0.25) is 0 Å². The van der Waals surface area contributed by atoms with Crippen molar-refractivity contribution in [2.24, 2.45) is 0 Å². The Morgan fingerprint density at radius 2 is 2.07 bits per heavy atom. The van der Waals surface area contributed by atoms with Crippen molar-refractivity contribution < 1.29 is 18.1 Å². The summed E-state index contributed by atoms with van der Waals surface area (Å²) in [6, 6.07) is 0.616. The molecule has 0 radical (unpaired) electrons. The standard InChI is InChI=1S/C6H2BrF3N2O2/c7-3-1-4(6(8,9)10)5(11-2-3)12(13)14/h1-2H. The minimum absolute atomic E-state index is 0.0374. The van der Waals surface area contributed by atoms with Crippen LogP contribution in [0.3, 0.4) is 0 Å². The van der Waals surface area contributed by atoms with Crippen molar-refractivity contribution in [2.75, 3.05) is 0 Å². The van der Waals surface area contributed by atoms with Gasteiger partial charge in [0.2, 0.25) is 0 Å². The predicted molar refractivity (Wildman–Crippen MR) is 43.6 cm³/mol. The first kappa shape index (κ1) is 10.9. The van der Waals surface area contributed by atoms with Crippen LogP contribution in [0.5, 0.6) is 0 Å². The maximum Gasteiger partial charge on any atom is 0.424 e. The molecule has 1 aromatic heterocycles. The highest BCUT2D eigenvalue weighted by atomic mass is 79.9. The van der Waals surface area contributed by atoms with E-state index in [0.29, 0.717) is 6.07 Å². The highest BCUT2D eigenvalue weighted by molar-refractivity contribution is 9.10. The third-order valence-corrected chi connectivity index (χ3v) is 1.75. The van der Waals surface area contributed by atoms with Crippen molar-refractivity contribution in [2.45, 2.75) is 6.18 Å². The minimum atomic E-state index is -4.78. The van der Waals surface area contributed by atoms with Gasteiger partial charge >= 0.3 is 12.0 Å². The average Bonchev–Trinajstić information content (AvgIpc) is 2.01.